The smallest absolute Gasteiger partial charge is 0.236 e. The van der Waals surface area contributed by atoms with E-state index in [0.717, 1.165) is 10.4 Å². The first-order chi connectivity index (χ1) is 8.52. The fraction of sp³-hybridized carbons (Fsp3) is 0.250. The Balaban J connectivity index is 2.51. The number of benzene rings is 2. The Kier molecular flexibility index (Phi) is 3.69. The number of hydrogen-bond donors (Lipinski definition) is 1. The van der Waals surface area contributed by atoms with Crippen LogP contribution in [0.25, 0.3) is 0 Å². The molecule has 0 saturated heterocycles. The van der Waals surface area contributed by atoms with Crippen molar-refractivity contribution in [2.75, 3.05) is 0 Å². The average Bonchev–Trinajstić information content (AvgIpc) is 2.35. The highest BCUT2D eigenvalue weighted by Crippen LogP contribution is 2.07. The lowest BCUT2D eigenvalue weighted by Gasteiger charge is -2.17. The Labute approximate surface area is 111 Å². The summed E-state index contributed by atoms with van der Waals surface area (Å²) in [4.78, 5) is 10.7. The van der Waals surface area contributed by atoms with E-state index in [9.17, 15) is 4.80 Å². The summed E-state index contributed by atoms with van der Waals surface area (Å²) in [5.41, 5.74) is 4.98. The Morgan fingerprint density at radius 2 is 1.11 bits per heavy atom. The monoisotopic (exact) mass is 256 g/mol. The van der Waals surface area contributed by atoms with E-state index in [1.165, 1.54) is 22.3 Å². The van der Waals surface area contributed by atoms with Crippen molar-refractivity contribution in [1.29, 1.82) is 0 Å². The zero-order chi connectivity index (χ0) is 13.3. The van der Waals surface area contributed by atoms with Crippen LogP contribution in [0.2, 0.25) is 0 Å². The van der Waals surface area contributed by atoms with Gasteiger partial charge in [0.15, 0.2) is 0 Å². The second-order valence-electron chi connectivity index (χ2n) is 4.98. The molecule has 0 spiro atoms. The summed E-state index contributed by atoms with van der Waals surface area (Å²) < 4.78 is 0. The van der Waals surface area contributed by atoms with Crippen LogP contribution >= 0.6 is 0 Å². The Morgan fingerprint density at radius 3 is 1.50 bits per heavy atom. The molecular formula is C16H20OSi. The third kappa shape index (κ3) is 2.26. The van der Waals surface area contributed by atoms with Crippen molar-refractivity contribution < 1.29 is 4.80 Å². The van der Waals surface area contributed by atoms with Crippen LogP contribution in [0, 0.1) is 27.7 Å². The lowest BCUT2D eigenvalue weighted by atomic mass is 10.1. The molecule has 0 atom stereocenters. The van der Waals surface area contributed by atoms with Gasteiger partial charge in [0.1, 0.15) is 0 Å². The number of rotatable bonds is 2. The molecule has 0 heterocycles. The molecule has 2 aromatic carbocycles. The zero-order valence-electron chi connectivity index (χ0n) is 11.5. The second kappa shape index (κ2) is 5.08. The highest BCUT2D eigenvalue weighted by atomic mass is 28.3. The van der Waals surface area contributed by atoms with Gasteiger partial charge in [-0.15, -0.1) is 0 Å². The van der Waals surface area contributed by atoms with E-state index in [2.05, 4.69) is 52.0 Å². The van der Waals surface area contributed by atoms with Crippen LogP contribution in [0.4, 0.5) is 0 Å². The van der Waals surface area contributed by atoms with Gasteiger partial charge in [-0.25, -0.2) is 0 Å². The molecule has 2 heteroatoms. The summed E-state index contributed by atoms with van der Waals surface area (Å²) in [6, 6.07) is 12.4. The molecule has 0 bridgehead atoms. The van der Waals surface area contributed by atoms with E-state index >= 15 is 0 Å². The van der Waals surface area contributed by atoms with Gasteiger partial charge in [0, 0.05) is 0 Å². The van der Waals surface area contributed by atoms with Gasteiger partial charge in [-0.05, 0) is 60.3 Å². The van der Waals surface area contributed by atoms with Crippen molar-refractivity contribution in [1.82, 2.24) is 0 Å². The van der Waals surface area contributed by atoms with Gasteiger partial charge in [-0.1, -0.05) is 36.4 Å². The molecule has 0 amide bonds. The molecular weight excluding hydrogens is 236 g/mol. The summed E-state index contributed by atoms with van der Waals surface area (Å²) in [6.07, 6.45) is 0. The summed E-state index contributed by atoms with van der Waals surface area (Å²) in [7, 11) is -2.05. The van der Waals surface area contributed by atoms with Crippen LogP contribution in [0.15, 0.2) is 36.4 Å². The zero-order valence-corrected chi connectivity index (χ0v) is 12.6. The van der Waals surface area contributed by atoms with Crippen LogP contribution < -0.4 is 10.4 Å². The minimum Gasteiger partial charge on any atom is -0.426 e. The summed E-state index contributed by atoms with van der Waals surface area (Å²) in [6.45, 7) is 8.41. The van der Waals surface area contributed by atoms with Crippen molar-refractivity contribution in [2.45, 2.75) is 27.7 Å². The molecule has 94 valence electrons. The van der Waals surface area contributed by atoms with Crippen molar-refractivity contribution in [2.24, 2.45) is 0 Å². The van der Waals surface area contributed by atoms with Crippen LogP contribution in [0.5, 0.6) is 0 Å². The molecule has 0 aliphatic heterocycles. The standard InChI is InChI=1S/C16H20OSi/c1-11-7-5-9-15(13(11)3)18(17)16-10-6-8-12(2)14(16)4/h5-10,17-18H,1-4H3. The predicted octanol–water partition coefficient (Wildman–Crippen LogP) is 1.75. The van der Waals surface area contributed by atoms with E-state index in [-0.39, 0.29) is 0 Å². The minimum absolute atomic E-state index is 1.14. The van der Waals surface area contributed by atoms with Gasteiger partial charge in [-0.2, -0.15) is 0 Å². The maximum atomic E-state index is 10.7. The Hall–Kier alpha value is -1.38. The van der Waals surface area contributed by atoms with E-state index in [4.69, 9.17) is 0 Å². The molecule has 0 aliphatic rings. The van der Waals surface area contributed by atoms with Gasteiger partial charge >= 0.3 is 0 Å². The SMILES string of the molecule is Cc1cccc([SiH](O)c2cccc(C)c2C)c1C. The largest absolute Gasteiger partial charge is 0.426 e. The fourth-order valence-electron chi connectivity index (χ4n) is 2.31. The van der Waals surface area contributed by atoms with E-state index in [1.54, 1.807) is 0 Å². The van der Waals surface area contributed by atoms with Crippen LogP contribution in [0.1, 0.15) is 22.3 Å². The number of hydrogen-bond acceptors (Lipinski definition) is 1. The highest BCUT2D eigenvalue weighted by molar-refractivity contribution is 6.79. The van der Waals surface area contributed by atoms with Gasteiger partial charge in [0.25, 0.3) is 0 Å². The molecule has 1 N–H and O–H groups in total. The molecule has 0 aromatic heterocycles. The maximum absolute atomic E-state index is 10.7. The van der Waals surface area contributed by atoms with Crippen LogP contribution in [-0.4, -0.2) is 13.8 Å². The lowest BCUT2D eigenvalue weighted by molar-refractivity contribution is 0.599. The van der Waals surface area contributed by atoms with Crippen LogP contribution in [0.3, 0.4) is 0 Å². The van der Waals surface area contributed by atoms with Crippen molar-refractivity contribution >= 4 is 19.4 Å². The van der Waals surface area contributed by atoms with Crippen molar-refractivity contribution in [3.63, 3.8) is 0 Å². The number of aryl methyl sites for hydroxylation is 2. The lowest BCUT2D eigenvalue weighted by Crippen LogP contribution is -2.45. The van der Waals surface area contributed by atoms with E-state index in [1.807, 2.05) is 12.1 Å². The molecule has 18 heavy (non-hydrogen) atoms. The average molecular weight is 256 g/mol. The molecule has 2 aromatic rings. The van der Waals surface area contributed by atoms with Crippen molar-refractivity contribution in [3.05, 3.63) is 58.7 Å². The first-order valence-electron chi connectivity index (χ1n) is 6.32. The minimum atomic E-state index is -2.05. The van der Waals surface area contributed by atoms with E-state index < -0.39 is 9.04 Å². The highest BCUT2D eigenvalue weighted by Gasteiger charge is 2.18. The van der Waals surface area contributed by atoms with Gasteiger partial charge in [0.05, 0.1) is 0 Å². The van der Waals surface area contributed by atoms with E-state index in [0.29, 0.717) is 0 Å². The summed E-state index contributed by atoms with van der Waals surface area (Å²) >= 11 is 0. The third-order valence-electron chi connectivity index (χ3n) is 3.88. The summed E-state index contributed by atoms with van der Waals surface area (Å²) in [5.74, 6) is 0. The molecule has 1 nitrogen and oxygen atoms in total. The Morgan fingerprint density at radius 1 is 0.722 bits per heavy atom. The topological polar surface area (TPSA) is 20.2 Å². The molecule has 0 unspecified atom stereocenters. The molecule has 0 fully saturated rings. The molecule has 0 aliphatic carbocycles. The summed E-state index contributed by atoms with van der Waals surface area (Å²) in [5, 5.41) is 2.28. The molecule has 0 radical (unpaired) electrons. The third-order valence-corrected chi connectivity index (χ3v) is 6.31. The van der Waals surface area contributed by atoms with Crippen molar-refractivity contribution in [3.8, 4) is 0 Å². The van der Waals surface area contributed by atoms with Gasteiger partial charge < -0.3 is 4.80 Å². The first kappa shape index (κ1) is 13.1. The normalized spacial score (nSPS) is 11.0. The molecule has 0 saturated carbocycles. The molecule has 2 rings (SSSR count). The first-order valence-corrected chi connectivity index (χ1v) is 7.99. The second-order valence-corrected chi connectivity index (χ2v) is 7.03. The van der Waals surface area contributed by atoms with Gasteiger partial charge in [0.2, 0.25) is 9.04 Å². The maximum Gasteiger partial charge on any atom is 0.236 e. The van der Waals surface area contributed by atoms with Gasteiger partial charge in [-0.3, -0.25) is 0 Å². The fourth-order valence-corrected chi connectivity index (χ4v) is 4.51. The predicted molar refractivity (Wildman–Crippen MR) is 80.5 cm³/mol. The quantitative estimate of drug-likeness (QED) is 0.812. The van der Waals surface area contributed by atoms with Crippen LogP contribution in [-0.2, 0) is 0 Å². The Bertz CT molecular complexity index is 524.